The summed E-state index contributed by atoms with van der Waals surface area (Å²) in [7, 11) is 0. The Bertz CT molecular complexity index is 215. The molecule has 0 aromatic heterocycles. The van der Waals surface area contributed by atoms with Crippen LogP contribution in [-0.4, -0.2) is 42.2 Å². The first kappa shape index (κ1) is 15.2. The van der Waals surface area contributed by atoms with Gasteiger partial charge in [0.25, 0.3) is 0 Å². The highest BCUT2D eigenvalue weighted by molar-refractivity contribution is 5.67. The number of amides is 1. The molecule has 0 spiro atoms. The van der Waals surface area contributed by atoms with Crippen LogP contribution >= 0.6 is 0 Å². The molecule has 0 radical (unpaired) electrons. The van der Waals surface area contributed by atoms with Gasteiger partial charge in [-0.25, -0.2) is 4.79 Å². The molecule has 0 aliphatic carbocycles. The maximum Gasteiger partial charge on any atom is 0.407 e. The summed E-state index contributed by atoms with van der Waals surface area (Å²) in [4.78, 5) is 11.2. The SMILES string of the molecule is CC(C)(O)COCCNC(=O)OC(C)(C)C. The average molecular weight is 233 g/mol. The Labute approximate surface area is 97.1 Å². The normalized spacial score (nSPS) is 12.4. The van der Waals surface area contributed by atoms with Gasteiger partial charge in [-0.05, 0) is 34.6 Å². The Morgan fingerprint density at radius 3 is 2.25 bits per heavy atom. The van der Waals surface area contributed by atoms with Crippen LogP contribution in [0.25, 0.3) is 0 Å². The van der Waals surface area contributed by atoms with Crippen molar-refractivity contribution in [2.75, 3.05) is 19.8 Å². The molecule has 0 aromatic rings. The first-order chi connectivity index (χ1) is 7.10. The topological polar surface area (TPSA) is 67.8 Å². The molecular formula is C11H23NO4. The first-order valence-corrected chi connectivity index (χ1v) is 5.37. The molecule has 0 atom stereocenters. The molecule has 1 amide bonds. The van der Waals surface area contributed by atoms with E-state index in [-0.39, 0.29) is 6.61 Å². The molecule has 2 N–H and O–H groups in total. The average Bonchev–Trinajstić information content (AvgIpc) is 1.97. The lowest BCUT2D eigenvalue weighted by molar-refractivity contribution is -0.0201. The van der Waals surface area contributed by atoms with Crippen molar-refractivity contribution in [1.82, 2.24) is 5.32 Å². The van der Waals surface area contributed by atoms with Crippen molar-refractivity contribution in [2.24, 2.45) is 0 Å². The largest absolute Gasteiger partial charge is 0.444 e. The second kappa shape index (κ2) is 6.06. The fraction of sp³-hybridized carbons (Fsp3) is 0.909. The molecule has 0 saturated carbocycles. The van der Waals surface area contributed by atoms with Crippen molar-refractivity contribution in [3.8, 4) is 0 Å². The van der Waals surface area contributed by atoms with Crippen LogP contribution in [0.2, 0.25) is 0 Å². The van der Waals surface area contributed by atoms with E-state index >= 15 is 0 Å². The molecule has 0 rings (SSSR count). The van der Waals surface area contributed by atoms with E-state index in [9.17, 15) is 9.90 Å². The Hall–Kier alpha value is -0.810. The van der Waals surface area contributed by atoms with Crippen LogP contribution in [-0.2, 0) is 9.47 Å². The zero-order valence-corrected chi connectivity index (χ0v) is 10.8. The number of nitrogens with one attached hydrogen (secondary N) is 1. The highest BCUT2D eigenvalue weighted by Crippen LogP contribution is 2.06. The number of hydrogen-bond acceptors (Lipinski definition) is 4. The fourth-order valence-electron chi connectivity index (χ4n) is 0.861. The smallest absolute Gasteiger partial charge is 0.407 e. The van der Waals surface area contributed by atoms with E-state index in [2.05, 4.69) is 5.32 Å². The van der Waals surface area contributed by atoms with E-state index in [1.54, 1.807) is 34.6 Å². The van der Waals surface area contributed by atoms with E-state index in [1.807, 2.05) is 0 Å². The lowest BCUT2D eigenvalue weighted by Gasteiger charge is -2.20. The van der Waals surface area contributed by atoms with Crippen molar-refractivity contribution in [1.29, 1.82) is 0 Å². The molecule has 0 aliphatic rings. The van der Waals surface area contributed by atoms with E-state index in [0.29, 0.717) is 13.2 Å². The van der Waals surface area contributed by atoms with Crippen LogP contribution in [0.1, 0.15) is 34.6 Å². The molecule has 0 aliphatic heterocycles. The number of carbonyl (C=O) groups excluding carboxylic acids is 1. The number of ether oxygens (including phenoxy) is 2. The number of aliphatic hydroxyl groups is 1. The quantitative estimate of drug-likeness (QED) is 0.702. The van der Waals surface area contributed by atoms with Crippen molar-refractivity contribution >= 4 is 6.09 Å². The minimum absolute atomic E-state index is 0.239. The number of carbonyl (C=O) groups is 1. The predicted molar refractivity (Wildman–Crippen MR) is 61.4 cm³/mol. The van der Waals surface area contributed by atoms with Gasteiger partial charge >= 0.3 is 6.09 Å². The van der Waals surface area contributed by atoms with Gasteiger partial charge in [0.15, 0.2) is 0 Å². The molecule has 5 heteroatoms. The van der Waals surface area contributed by atoms with Crippen molar-refractivity contribution in [3.63, 3.8) is 0 Å². The van der Waals surface area contributed by atoms with Gasteiger partial charge in [0.05, 0.1) is 18.8 Å². The van der Waals surface area contributed by atoms with Crippen LogP contribution in [0.5, 0.6) is 0 Å². The maximum atomic E-state index is 11.2. The van der Waals surface area contributed by atoms with Crippen LogP contribution in [0.15, 0.2) is 0 Å². The zero-order valence-electron chi connectivity index (χ0n) is 10.8. The Morgan fingerprint density at radius 2 is 1.81 bits per heavy atom. The Balaban J connectivity index is 3.50. The third-order valence-corrected chi connectivity index (χ3v) is 1.37. The van der Waals surface area contributed by atoms with Crippen LogP contribution in [0, 0.1) is 0 Å². The second-order valence-electron chi connectivity index (χ2n) is 5.29. The van der Waals surface area contributed by atoms with E-state index in [1.165, 1.54) is 0 Å². The summed E-state index contributed by atoms with van der Waals surface area (Å²) in [6.07, 6.45) is -0.459. The molecule has 0 saturated heterocycles. The van der Waals surface area contributed by atoms with Gasteiger partial charge in [-0.1, -0.05) is 0 Å². The summed E-state index contributed by atoms with van der Waals surface area (Å²) < 4.78 is 10.2. The molecule has 0 aromatic carbocycles. The summed E-state index contributed by atoms with van der Waals surface area (Å²) in [5.74, 6) is 0. The molecular weight excluding hydrogens is 210 g/mol. The highest BCUT2D eigenvalue weighted by atomic mass is 16.6. The van der Waals surface area contributed by atoms with Crippen molar-refractivity contribution in [3.05, 3.63) is 0 Å². The van der Waals surface area contributed by atoms with Crippen LogP contribution < -0.4 is 5.32 Å². The van der Waals surface area contributed by atoms with Crippen LogP contribution in [0.3, 0.4) is 0 Å². The standard InChI is InChI=1S/C11H23NO4/c1-10(2,3)16-9(13)12-6-7-15-8-11(4,5)14/h14H,6-8H2,1-5H3,(H,12,13). The summed E-state index contributed by atoms with van der Waals surface area (Å²) >= 11 is 0. The molecule has 16 heavy (non-hydrogen) atoms. The minimum atomic E-state index is -0.841. The van der Waals surface area contributed by atoms with Gasteiger partial charge in [-0.15, -0.1) is 0 Å². The van der Waals surface area contributed by atoms with E-state index in [4.69, 9.17) is 9.47 Å². The van der Waals surface area contributed by atoms with E-state index < -0.39 is 17.3 Å². The fourth-order valence-corrected chi connectivity index (χ4v) is 0.861. The van der Waals surface area contributed by atoms with Crippen molar-refractivity contribution < 1.29 is 19.4 Å². The van der Waals surface area contributed by atoms with Gasteiger partial charge in [-0.2, -0.15) is 0 Å². The molecule has 96 valence electrons. The first-order valence-electron chi connectivity index (χ1n) is 5.37. The lowest BCUT2D eigenvalue weighted by atomic mass is 10.2. The van der Waals surface area contributed by atoms with Gasteiger partial charge in [0, 0.05) is 6.54 Å². The summed E-state index contributed by atoms with van der Waals surface area (Å²) in [5.41, 5.74) is -1.33. The van der Waals surface area contributed by atoms with Gasteiger partial charge in [0.1, 0.15) is 5.60 Å². The van der Waals surface area contributed by atoms with Crippen molar-refractivity contribution in [2.45, 2.75) is 45.8 Å². The number of hydrogen-bond donors (Lipinski definition) is 2. The van der Waals surface area contributed by atoms with Gasteiger partial charge in [0.2, 0.25) is 0 Å². The molecule has 5 nitrogen and oxygen atoms in total. The molecule has 0 fully saturated rings. The molecule has 0 unspecified atom stereocenters. The number of alkyl carbamates (subject to hydrolysis) is 1. The monoisotopic (exact) mass is 233 g/mol. The van der Waals surface area contributed by atoms with Gasteiger partial charge < -0.3 is 19.9 Å². The molecule has 0 heterocycles. The molecule has 0 bridgehead atoms. The highest BCUT2D eigenvalue weighted by Gasteiger charge is 2.16. The van der Waals surface area contributed by atoms with Crippen LogP contribution in [0.4, 0.5) is 4.79 Å². The Kier molecular flexibility index (Phi) is 5.75. The third kappa shape index (κ3) is 11.3. The second-order valence-corrected chi connectivity index (χ2v) is 5.29. The summed E-state index contributed by atoms with van der Waals surface area (Å²) in [5, 5.41) is 11.9. The lowest BCUT2D eigenvalue weighted by Crippen LogP contribution is -2.35. The summed E-state index contributed by atoms with van der Waals surface area (Å²) in [6.45, 7) is 9.69. The Morgan fingerprint density at radius 1 is 1.25 bits per heavy atom. The minimum Gasteiger partial charge on any atom is -0.444 e. The third-order valence-electron chi connectivity index (χ3n) is 1.37. The summed E-state index contributed by atoms with van der Waals surface area (Å²) in [6, 6.07) is 0. The van der Waals surface area contributed by atoms with E-state index in [0.717, 1.165) is 0 Å². The maximum absolute atomic E-state index is 11.2. The number of rotatable bonds is 5. The van der Waals surface area contributed by atoms with Gasteiger partial charge in [-0.3, -0.25) is 0 Å². The predicted octanol–water partition coefficient (Wildman–Crippen LogP) is 1.30. The zero-order chi connectivity index (χ0) is 12.8.